The van der Waals surface area contributed by atoms with Gasteiger partial charge in [0.15, 0.2) is 0 Å². The normalized spacial score (nSPS) is 16.8. The van der Waals surface area contributed by atoms with E-state index in [1.54, 1.807) is 11.9 Å². The lowest BCUT2D eigenvalue weighted by Crippen LogP contribution is -2.42. The third kappa shape index (κ3) is 4.95. The maximum absolute atomic E-state index is 12.6. The van der Waals surface area contributed by atoms with E-state index in [4.69, 9.17) is 4.74 Å². The van der Waals surface area contributed by atoms with Crippen molar-refractivity contribution in [2.24, 2.45) is 5.92 Å². The highest BCUT2D eigenvalue weighted by atomic mass is 32.2. The Kier molecular flexibility index (Phi) is 6.23. The van der Waals surface area contributed by atoms with Crippen LogP contribution < -0.4 is 4.74 Å². The number of amides is 1. The first-order valence-corrected chi connectivity index (χ1v) is 10.1. The zero-order valence-corrected chi connectivity index (χ0v) is 15.4. The molecule has 7 heteroatoms. The summed E-state index contributed by atoms with van der Waals surface area (Å²) in [6.07, 6.45) is 2.38. The van der Waals surface area contributed by atoms with Crippen LogP contribution in [0.1, 0.15) is 25.3 Å². The van der Waals surface area contributed by atoms with Crippen molar-refractivity contribution in [1.82, 2.24) is 9.21 Å². The van der Waals surface area contributed by atoms with E-state index in [1.165, 1.54) is 10.6 Å². The number of hydrogen-bond acceptors (Lipinski definition) is 4. The molecule has 6 nitrogen and oxygen atoms in total. The summed E-state index contributed by atoms with van der Waals surface area (Å²) in [5.74, 6) is 0.802. The summed E-state index contributed by atoms with van der Waals surface area (Å²) in [5.41, 5.74) is 1.04. The Hall–Kier alpha value is -1.60. The van der Waals surface area contributed by atoms with Gasteiger partial charge in [-0.25, -0.2) is 12.7 Å². The van der Waals surface area contributed by atoms with Gasteiger partial charge in [0.2, 0.25) is 15.9 Å². The highest BCUT2D eigenvalue weighted by molar-refractivity contribution is 7.88. The molecule has 1 aliphatic rings. The SMILES string of the molecule is CCOc1ccc(CN(C)C(=O)C2CCN(S(C)(=O)=O)CC2)cc1. The standard InChI is InChI=1S/C17H26N2O4S/c1-4-23-16-7-5-14(6-8-16)13-18(2)17(20)15-9-11-19(12-10-15)24(3,21)22/h5-8,15H,4,9-13H2,1-3H3. The third-order valence-corrected chi connectivity index (χ3v) is 5.61. The molecule has 1 saturated heterocycles. The summed E-state index contributed by atoms with van der Waals surface area (Å²) in [4.78, 5) is 14.3. The average molecular weight is 354 g/mol. The van der Waals surface area contributed by atoms with Gasteiger partial charge < -0.3 is 9.64 Å². The Morgan fingerprint density at radius 2 is 1.83 bits per heavy atom. The number of sulfonamides is 1. The second-order valence-electron chi connectivity index (χ2n) is 6.21. The van der Waals surface area contributed by atoms with Crippen LogP contribution in [0, 0.1) is 5.92 Å². The van der Waals surface area contributed by atoms with E-state index in [0.29, 0.717) is 39.1 Å². The van der Waals surface area contributed by atoms with Crippen LogP contribution in [0.5, 0.6) is 5.75 Å². The van der Waals surface area contributed by atoms with Crippen LogP contribution in [0.25, 0.3) is 0 Å². The Morgan fingerprint density at radius 3 is 2.33 bits per heavy atom. The topological polar surface area (TPSA) is 66.9 Å². The molecule has 134 valence electrons. The van der Waals surface area contributed by atoms with Gasteiger partial charge in [0.25, 0.3) is 0 Å². The van der Waals surface area contributed by atoms with Crippen molar-refractivity contribution in [3.8, 4) is 5.75 Å². The van der Waals surface area contributed by atoms with E-state index in [0.717, 1.165) is 11.3 Å². The van der Waals surface area contributed by atoms with E-state index in [2.05, 4.69) is 0 Å². The monoisotopic (exact) mass is 354 g/mol. The molecule has 0 N–H and O–H groups in total. The minimum Gasteiger partial charge on any atom is -0.494 e. The van der Waals surface area contributed by atoms with Gasteiger partial charge >= 0.3 is 0 Å². The highest BCUT2D eigenvalue weighted by Crippen LogP contribution is 2.22. The first kappa shape index (κ1) is 18.7. The molecule has 0 unspecified atom stereocenters. The fraction of sp³-hybridized carbons (Fsp3) is 0.588. The van der Waals surface area contributed by atoms with Crippen molar-refractivity contribution in [2.45, 2.75) is 26.3 Å². The van der Waals surface area contributed by atoms with Gasteiger partial charge in [-0.15, -0.1) is 0 Å². The number of carbonyl (C=O) groups excluding carboxylic acids is 1. The zero-order chi connectivity index (χ0) is 17.7. The molecule has 1 aromatic rings. The number of nitrogens with zero attached hydrogens (tertiary/aromatic N) is 2. The predicted octanol–water partition coefficient (Wildman–Crippen LogP) is 1.72. The summed E-state index contributed by atoms with van der Waals surface area (Å²) in [5, 5.41) is 0. The van der Waals surface area contributed by atoms with Gasteiger partial charge in [-0.3, -0.25) is 4.79 Å². The van der Waals surface area contributed by atoms with Gasteiger partial charge in [-0.05, 0) is 37.5 Å². The van der Waals surface area contributed by atoms with E-state index >= 15 is 0 Å². The molecule has 0 spiro atoms. The Morgan fingerprint density at radius 1 is 1.25 bits per heavy atom. The van der Waals surface area contributed by atoms with E-state index in [9.17, 15) is 13.2 Å². The van der Waals surface area contributed by atoms with E-state index in [1.807, 2.05) is 31.2 Å². The van der Waals surface area contributed by atoms with Gasteiger partial charge in [0.05, 0.1) is 12.9 Å². The quantitative estimate of drug-likeness (QED) is 0.780. The first-order valence-electron chi connectivity index (χ1n) is 8.23. The number of piperidine rings is 1. The molecule has 24 heavy (non-hydrogen) atoms. The predicted molar refractivity (Wildman–Crippen MR) is 93.2 cm³/mol. The molecule has 0 bridgehead atoms. The van der Waals surface area contributed by atoms with E-state index < -0.39 is 10.0 Å². The molecular formula is C17H26N2O4S. The van der Waals surface area contributed by atoms with Crippen LogP contribution in [-0.4, -0.2) is 56.5 Å². The number of carbonyl (C=O) groups is 1. The van der Waals surface area contributed by atoms with Crippen molar-refractivity contribution in [3.05, 3.63) is 29.8 Å². The van der Waals surface area contributed by atoms with Gasteiger partial charge in [0, 0.05) is 32.6 Å². The number of rotatable bonds is 6. The molecule has 1 heterocycles. The number of benzene rings is 1. The fourth-order valence-corrected chi connectivity index (χ4v) is 3.83. The van der Waals surface area contributed by atoms with Crippen LogP contribution in [0.3, 0.4) is 0 Å². The van der Waals surface area contributed by atoms with Gasteiger partial charge in [-0.1, -0.05) is 12.1 Å². The lowest BCUT2D eigenvalue weighted by molar-refractivity contribution is -0.135. The second kappa shape index (κ2) is 7.98. The van der Waals surface area contributed by atoms with Crippen LogP contribution in [0.2, 0.25) is 0 Å². The molecule has 1 amide bonds. The molecule has 0 radical (unpaired) electrons. The fourth-order valence-electron chi connectivity index (χ4n) is 2.96. The van der Waals surface area contributed by atoms with E-state index in [-0.39, 0.29) is 11.8 Å². The van der Waals surface area contributed by atoms with Crippen molar-refractivity contribution in [3.63, 3.8) is 0 Å². The van der Waals surface area contributed by atoms with Crippen molar-refractivity contribution < 1.29 is 17.9 Å². The van der Waals surface area contributed by atoms with Crippen LogP contribution in [-0.2, 0) is 21.4 Å². The molecule has 1 aliphatic heterocycles. The smallest absolute Gasteiger partial charge is 0.225 e. The summed E-state index contributed by atoms with van der Waals surface area (Å²) in [6.45, 7) is 3.95. The summed E-state index contributed by atoms with van der Waals surface area (Å²) in [7, 11) is -1.36. The minimum absolute atomic E-state index is 0.0806. The van der Waals surface area contributed by atoms with Gasteiger partial charge in [-0.2, -0.15) is 0 Å². The second-order valence-corrected chi connectivity index (χ2v) is 8.19. The lowest BCUT2D eigenvalue weighted by Gasteiger charge is -2.31. The first-order chi connectivity index (χ1) is 11.3. The minimum atomic E-state index is -3.16. The number of ether oxygens (including phenoxy) is 1. The Bertz CT molecular complexity index is 650. The van der Waals surface area contributed by atoms with Crippen molar-refractivity contribution in [1.29, 1.82) is 0 Å². The maximum atomic E-state index is 12.6. The zero-order valence-electron chi connectivity index (χ0n) is 14.6. The summed E-state index contributed by atoms with van der Waals surface area (Å²) < 4.78 is 29.9. The Balaban J connectivity index is 1.88. The largest absolute Gasteiger partial charge is 0.494 e. The average Bonchev–Trinajstić information content (AvgIpc) is 2.55. The Labute approximate surface area is 144 Å². The highest BCUT2D eigenvalue weighted by Gasteiger charge is 2.30. The molecular weight excluding hydrogens is 328 g/mol. The number of hydrogen-bond donors (Lipinski definition) is 0. The molecule has 0 aromatic heterocycles. The molecule has 0 aliphatic carbocycles. The molecule has 1 fully saturated rings. The molecule has 2 rings (SSSR count). The van der Waals surface area contributed by atoms with Crippen molar-refractivity contribution in [2.75, 3.05) is 33.0 Å². The van der Waals surface area contributed by atoms with Crippen molar-refractivity contribution >= 4 is 15.9 Å². The summed E-state index contributed by atoms with van der Waals surface area (Å²) >= 11 is 0. The van der Waals surface area contributed by atoms with Crippen LogP contribution in [0.15, 0.2) is 24.3 Å². The lowest BCUT2D eigenvalue weighted by atomic mass is 9.96. The summed E-state index contributed by atoms with van der Waals surface area (Å²) in [6, 6.07) is 7.73. The van der Waals surface area contributed by atoms with Crippen LogP contribution in [0.4, 0.5) is 0 Å². The van der Waals surface area contributed by atoms with Gasteiger partial charge in [0.1, 0.15) is 5.75 Å². The molecule has 0 atom stereocenters. The van der Waals surface area contributed by atoms with Crippen LogP contribution >= 0.6 is 0 Å². The molecule has 1 aromatic carbocycles. The molecule has 0 saturated carbocycles. The maximum Gasteiger partial charge on any atom is 0.225 e. The third-order valence-electron chi connectivity index (χ3n) is 4.30.